The summed E-state index contributed by atoms with van der Waals surface area (Å²) in [6, 6.07) is 0. The summed E-state index contributed by atoms with van der Waals surface area (Å²) in [5.41, 5.74) is 0. The van der Waals surface area contributed by atoms with Crippen LogP contribution in [-0.4, -0.2) is 11.8 Å². The first-order chi connectivity index (χ1) is 5.79. The summed E-state index contributed by atoms with van der Waals surface area (Å²) in [4.78, 5) is 19.8. The normalized spacial score (nSPS) is 17.0. The average molecular weight is 164 g/mol. The molecule has 0 radical (unpaired) electrons. The molecule has 0 saturated carbocycles. The molecule has 60 valence electrons. The number of carbonyl (C=O) groups excluding carboxylic acids is 2. The van der Waals surface area contributed by atoms with Crippen LogP contribution in [-0.2, 0) is 9.59 Å². The smallest absolute Gasteiger partial charge is 0.266 e. The topological polar surface area (TPSA) is 83.6 Å². The van der Waals surface area contributed by atoms with Crippen molar-refractivity contribution in [1.82, 2.24) is 0 Å². The number of nitrogens with zero attached hydrogens (tertiary/aromatic N) is 4. The largest absolute Gasteiger partial charge is 0.289 e. The molecule has 0 atom stereocenters. The molecule has 0 saturated heterocycles. The first-order valence-electron chi connectivity index (χ1n) is 3.02. The SMILES string of the molecule is O=C1C=CN=N1.O=C1C=CN=N1. The van der Waals surface area contributed by atoms with Crippen molar-refractivity contribution in [2.24, 2.45) is 20.5 Å². The maximum absolute atomic E-state index is 9.90. The molecule has 6 nitrogen and oxygen atoms in total. The second-order valence-electron chi connectivity index (χ2n) is 1.74. The Morgan fingerprint density at radius 2 is 1.25 bits per heavy atom. The summed E-state index contributed by atoms with van der Waals surface area (Å²) in [6.07, 6.45) is 5.34. The molecule has 0 aromatic carbocycles. The lowest BCUT2D eigenvalue weighted by molar-refractivity contribution is -0.114. The van der Waals surface area contributed by atoms with E-state index < -0.39 is 0 Å². The van der Waals surface area contributed by atoms with Crippen molar-refractivity contribution in [3.8, 4) is 0 Å². The molecule has 0 bridgehead atoms. The number of amides is 2. The van der Waals surface area contributed by atoms with Gasteiger partial charge in [0.15, 0.2) is 0 Å². The Labute approximate surface area is 67.4 Å². The van der Waals surface area contributed by atoms with E-state index in [2.05, 4.69) is 20.5 Å². The van der Waals surface area contributed by atoms with Gasteiger partial charge >= 0.3 is 0 Å². The molecule has 0 spiro atoms. The van der Waals surface area contributed by atoms with E-state index in [9.17, 15) is 9.59 Å². The fraction of sp³-hybridized carbons (Fsp3) is 0. The zero-order valence-corrected chi connectivity index (χ0v) is 5.91. The maximum atomic E-state index is 9.90. The third kappa shape index (κ3) is 2.74. The maximum Gasteiger partial charge on any atom is 0.289 e. The second kappa shape index (κ2) is 4.02. The van der Waals surface area contributed by atoms with Gasteiger partial charge < -0.3 is 0 Å². The molecular formula is C6H4N4O2. The van der Waals surface area contributed by atoms with Crippen LogP contribution in [0.4, 0.5) is 0 Å². The summed E-state index contributed by atoms with van der Waals surface area (Å²) in [7, 11) is 0. The molecule has 12 heavy (non-hydrogen) atoms. The zero-order valence-electron chi connectivity index (χ0n) is 5.91. The average Bonchev–Trinajstić information content (AvgIpc) is 2.63. The van der Waals surface area contributed by atoms with Gasteiger partial charge in [0, 0.05) is 12.2 Å². The van der Waals surface area contributed by atoms with Gasteiger partial charge in [-0.3, -0.25) is 9.59 Å². The van der Waals surface area contributed by atoms with E-state index in [-0.39, 0.29) is 11.8 Å². The van der Waals surface area contributed by atoms with Crippen LogP contribution in [0.25, 0.3) is 0 Å². The molecule has 2 amide bonds. The molecule has 0 fully saturated rings. The minimum absolute atomic E-state index is 0.269. The van der Waals surface area contributed by atoms with Crippen LogP contribution in [0.15, 0.2) is 45.0 Å². The summed E-state index contributed by atoms with van der Waals surface area (Å²) >= 11 is 0. The lowest BCUT2D eigenvalue weighted by atomic mass is 10.6. The Bertz CT molecular complexity index is 254. The molecule has 2 aliphatic rings. The lowest BCUT2D eigenvalue weighted by Crippen LogP contribution is -1.74. The van der Waals surface area contributed by atoms with Gasteiger partial charge in [0.1, 0.15) is 0 Å². The quantitative estimate of drug-likeness (QED) is 0.534. The molecule has 2 heterocycles. The van der Waals surface area contributed by atoms with Gasteiger partial charge in [-0.1, -0.05) is 0 Å². The van der Waals surface area contributed by atoms with Gasteiger partial charge in [-0.15, -0.1) is 10.2 Å². The van der Waals surface area contributed by atoms with Crippen molar-refractivity contribution in [1.29, 1.82) is 0 Å². The highest BCUT2D eigenvalue weighted by atomic mass is 16.2. The van der Waals surface area contributed by atoms with Crippen LogP contribution >= 0.6 is 0 Å². The van der Waals surface area contributed by atoms with Gasteiger partial charge in [0.2, 0.25) is 0 Å². The van der Waals surface area contributed by atoms with Crippen LogP contribution in [0.3, 0.4) is 0 Å². The number of rotatable bonds is 0. The number of azo groups is 2. The third-order valence-electron chi connectivity index (χ3n) is 0.880. The highest BCUT2D eigenvalue weighted by molar-refractivity contribution is 5.89. The van der Waals surface area contributed by atoms with E-state index in [1.54, 1.807) is 0 Å². The minimum Gasteiger partial charge on any atom is -0.266 e. The molecule has 0 aromatic heterocycles. The van der Waals surface area contributed by atoms with Crippen LogP contribution in [0.2, 0.25) is 0 Å². The van der Waals surface area contributed by atoms with Crippen molar-refractivity contribution in [3.63, 3.8) is 0 Å². The van der Waals surface area contributed by atoms with E-state index in [0.29, 0.717) is 0 Å². The number of carbonyl (C=O) groups is 2. The van der Waals surface area contributed by atoms with Crippen molar-refractivity contribution in [2.45, 2.75) is 0 Å². The Kier molecular flexibility index (Phi) is 2.72. The molecular weight excluding hydrogens is 160 g/mol. The number of hydrogen-bond donors (Lipinski definition) is 0. The summed E-state index contributed by atoms with van der Waals surface area (Å²) < 4.78 is 0. The summed E-state index contributed by atoms with van der Waals surface area (Å²) in [6.45, 7) is 0. The van der Waals surface area contributed by atoms with Gasteiger partial charge in [-0.25, -0.2) is 0 Å². The van der Waals surface area contributed by atoms with Crippen LogP contribution < -0.4 is 0 Å². The lowest BCUT2D eigenvalue weighted by Gasteiger charge is -1.59. The van der Waals surface area contributed by atoms with Crippen molar-refractivity contribution in [3.05, 3.63) is 24.6 Å². The Balaban J connectivity index is 0.000000120. The van der Waals surface area contributed by atoms with Gasteiger partial charge in [-0.05, 0) is 0 Å². The monoisotopic (exact) mass is 164 g/mol. The van der Waals surface area contributed by atoms with Gasteiger partial charge in [-0.2, -0.15) is 10.2 Å². The Morgan fingerprint density at radius 3 is 1.33 bits per heavy atom. The molecule has 0 aliphatic carbocycles. The van der Waals surface area contributed by atoms with Crippen molar-refractivity contribution < 1.29 is 9.59 Å². The standard InChI is InChI=1S/2C3H2N2O/c2*6-3-1-2-4-5-3/h2*1-2H. The minimum atomic E-state index is -0.269. The van der Waals surface area contributed by atoms with E-state index in [0.717, 1.165) is 0 Å². The zero-order chi connectivity index (χ0) is 8.81. The molecule has 2 aliphatic heterocycles. The van der Waals surface area contributed by atoms with E-state index in [1.165, 1.54) is 24.6 Å². The summed E-state index contributed by atoms with van der Waals surface area (Å²) in [5.74, 6) is -0.537. The molecule has 0 aromatic rings. The highest BCUT2D eigenvalue weighted by Gasteiger charge is 1.92. The van der Waals surface area contributed by atoms with Crippen molar-refractivity contribution >= 4 is 11.8 Å². The Morgan fingerprint density at radius 1 is 0.833 bits per heavy atom. The summed E-state index contributed by atoms with van der Waals surface area (Å²) in [5, 5.41) is 12.7. The predicted octanol–water partition coefficient (Wildman–Crippen LogP) is 0.985. The van der Waals surface area contributed by atoms with Gasteiger partial charge in [0.05, 0.1) is 12.4 Å². The highest BCUT2D eigenvalue weighted by Crippen LogP contribution is 1.90. The van der Waals surface area contributed by atoms with E-state index in [1.807, 2.05) is 0 Å². The first-order valence-corrected chi connectivity index (χ1v) is 3.02. The van der Waals surface area contributed by atoms with Crippen LogP contribution in [0, 0.1) is 0 Å². The van der Waals surface area contributed by atoms with Crippen LogP contribution in [0.5, 0.6) is 0 Å². The predicted molar refractivity (Wildman–Crippen MR) is 38.0 cm³/mol. The third-order valence-corrected chi connectivity index (χ3v) is 0.880. The van der Waals surface area contributed by atoms with E-state index in [4.69, 9.17) is 0 Å². The number of hydrogen-bond acceptors (Lipinski definition) is 4. The van der Waals surface area contributed by atoms with E-state index >= 15 is 0 Å². The molecule has 0 unspecified atom stereocenters. The fourth-order valence-electron chi connectivity index (χ4n) is 0.441. The molecule has 2 rings (SSSR count). The van der Waals surface area contributed by atoms with Crippen molar-refractivity contribution in [2.75, 3.05) is 0 Å². The molecule has 6 heteroatoms. The Hall–Kier alpha value is -1.98. The fourth-order valence-corrected chi connectivity index (χ4v) is 0.441. The first kappa shape index (κ1) is 8.12. The molecule has 0 N–H and O–H groups in total. The second-order valence-corrected chi connectivity index (χ2v) is 1.74. The van der Waals surface area contributed by atoms with Gasteiger partial charge in [0.25, 0.3) is 11.8 Å². The van der Waals surface area contributed by atoms with Crippen LogP contribution in [0.1, 0.15) is 0 Å².